The van der Waals surface area contributed by atoms with Crippen LogP contribution in [0.5, 0.6) is 0 Å². The van der Waals surface area contributed by atoms with E-state index in [9.17, 15) is 14.9 Å². The van der Waals surface area contributed by atoms with Crippen molar-refractivity contribution in [2.75, 3.05) is 6.54 Å². The van der Waals surface area contributed by atoms with Crippen LogP contribution in [0.15, 0.2) is 78.4 Å². The van der Waals surface area contributed by atoms with Gasteiger partial charge in [-0.1, -0.05) is 48.3 Å². The van der Waals surface area contributed by atoms with Gasteiger partial charge in [0.15, 0.2) is 0 Å². The molecule has 0 aliphatic carbocycles. The molecule has 7 nitrogen and oxygen atoms in total. The van der Waals surface area contributed by atoms with Crippen molar-refractivity contribution in [3.8, 4) is 16.9 Å². The molecular weight excluding hydrogens is 432 g/mol. The number of nitro groups is 1. The smallest absolute Gasteiger partial charge is 0.269 e. The molecule has 3 aromatic rings. The fourth-order valence-electron chi connectivity index (χ4n) is 3.10. The van der Waals surface area contributed by atoms with Crippen molar-refractivity contribution >= 4 is 46.0 Å². The molecule has 2 aromatic carbocycles. The molecule has 1 saturated heterocycles. The molecule has 154 valence electrons. The van der Waals surface area contributed by atoms with E-state index in [-0.39, 0.29) is 11.6 Å². The second-order valence-electron chi connectivity index (χ2n) is 6.60. The number of thiocarbonyl (C=S) groups is 1. The Hall–Kier alpha value is -3.56. The highest BCUT2D eigenvalue weighted by Crippen LogP contribution is 2.35. The van der Waals surface area contributed by atoms with E-state index in [1.54, 1.807) is 29.0 Å². The van der Waals surface area contributed by atoms with Crippen LogP contribution in [0, 0.1) is 10.1 Å². The van der Waals surface area contributed by atoms with Gasteiger partial charge in [-0.05, 0) is 30.3 Å². The molecule has 9 heteroatoms. The van der Waals surface area contributed by atoms with E-state index in [1.807, 2.05) is 36.5 Å². The SMILES string of the molecule is C=CCN1C(=O)C(=Cc2cn(-c3ccccc3)nc2-c2ccc([N+](=O)[O-])cc2)SC1=S. The van der Waals surface area contributed by atoms with Crippen LogP contribution in [-0.2, 0) is 4.79 Å². The lowest BCUT2D eigenvalue weighted by molar-refractivity contribution is -0.384. The van der Waals surface area contributed by atoms with Gasteiger partial charge in [-0.15, -0.1) is 6.58 Å². The van der Waals surface area contributed by atoms with Crippen LogP contribution in [0.4, 0.5) is 5.69 Å². The summed E-state index contributed by atoms with van der Waals surface area (Å²) in [5, 5.41) is 15.7. The van der Waals surface area contributed by atoms with E-state index in [0.717, 1.165) is 5.69 Å². The highest BCUT2D eigenvalue weighted by atomic mass is 32.2. The Bertz CT molecular complexity index is 1220. The zero-order valence-corrected chi connectivity index (χ0v) is 17.8. The monoisotopic (exact) mass is 448 g/mol. The Labute approximate surface area is 187 Å². The topological polar surface area (TPSA) is 81.3 Å². The van der Waals surface area contributed by atoms with E-state index in [1.165, 1.54) is 28.8 Å². The van der Waals surface area contributed by atoms with Crippen LogP contribution in [-0.4, -0.2) is 36.4 Å². The molecule has 1 amide bonds. The summed E-state index contributed by atoms with van der Waals surface area (Å²) in [5.74, 6) is -0.183. The predicted molar refractivity (Wildman–Crippen MR) is 126 cm³/mol. The Morgan fingerprint density at radius 1 is 1.16 bits per heavy atom. The number of hydrogen-bond acceptors (Lipinski definition) is 6. The summed E-state index contributed by atoms with van der Waals surface area (Å²) >= 11 is 6.54. The number of non-ortho nitro benzene ring substituents is 1. The number of carbonyl (C=O) groups is 1. The van der Waals surface area contributed by atoms with E-state index in [4.69, 9.17) is 12.2 Å². The number of nitro benzene ring substituents is 1. The van der Waals surface area contributed by atoms with Crippen molar-refractivity contribution in [2.45, 2.75) is 0 Å². The normalized spacial score (nSPS) is 15.0. The summed E-state index contributed by atoms with van der Waals surface area (Å²) in [6, 6.07) is 15.7. The van der Waals surface area contributed by atoms with Crippen molar-refractivity contribution in [2.24, 2.45) is 0 Å². The van der Waals surface area contributed by atoms with Gasteiger partial charge >= 0.3 is 0 Å². The van der Waals surface area contributed by atoms with Crippen molar-refractivity contribution in [3.05, 3.63) is 94.0 Å². The zero-order chi connectivity index (χ0) is 22.0. The second-order valence-corrected chi connectivity index (χ2v) is 8.27. The molecule has 0 radical (unpaired) electrons. The molecule has 0 spiro atoms. The van der Waals surface area contributed by atoms with Crippen LogP contribution >= 0.6 is 24.0 Å². The van der Waals surface area contributed by atoms with Crippen molar-refractivity contribution in [1.82, 2.24) is 14.7 Å². The maximum Gasteiger partial charge on any atom is 0.269 e. The number of hydrogen-bond donors (Lipinski definition) is 0. The maximum atomic E-state index is 12.8. The molecule has 2 heterocycles. The lowest BCUT2D eigenvalue weighted by atomic mass is 10.1. The molecule has 1 aromatic heterocycles. The predicted octanol–water partition coefficient (Wildman–Crippen LogP) is 4.83. The van der Waals surface area contributed by atoms with Gasteiger partial charge in [0, 0.05) is 36.0 Å². The van der Waals surface area contributed by atoms with Crippen LogP contribution < -0.4 is 0 Å². The quantitative estimate of drug-likeness (QED) is 0.177. The molecule has 0 N–H and O–H groups in total. The number of amides is 1. The maximum absolute atomic E-state index is 12.8. The largest absolute Gasteiger partial charge is 0.289 e. The number of aromatic nitrogens is 2. The second kappa shape index (κ2) is 8.66. The highest BCUT2D eigenvalue weighted by Gasteiger charge is 2.31. The van der Waals surface area contributed by atoms with E-state index < -0.39 is 4.92 Å². The first-order valence-corrected chi connectivity index (χ1v) is 10.5. The first-order chi connectivity index (χ1) is 15.0. The van der Waals surface area contributed by atoms with Gasteiger partial charge in [-0.3, -0.25) is 19.8 Å². The van der Waals surface area contributed by atoms with Gasteiger partial charge in [0.1, 0.15) is 4.32 Å². The standard InChI is InChI=1S/C22H16N4O3S2/c1-2-12-24-21(27)19(31-22(24)30)13-16-14-25(17-6-4-3-5-7-17)23-20(16)15-8-10-18(11-9-15)26(28)29/h2-11,13-14H,1,12H2. The Morgan fingerprint density at radius 2 is 1.87 bits per heavy atom. The Morgan fingerprint density at radius 3 is 2.52 bits per heavy atom. The number of carbonyl (C=O) groups excluding carboxylic acids is 1. The first kappa shape index (κ1) is 20.7. The number of benzene rings is 2. The molecular formula is C22H16N4O3S2. The van der Waals surface area contributed by atoms with Crippen LogP contribution in [0.2, 0.25) is 0 Å². The highest BCUT2D eigenvalue weighted by molar-refractivity contribution is 8.26. The summed E-state index contributed by atoms with van der Waals surface area (Å²) in [6.45, 7) is 4.02. The van der Waals surface area contributed by atoms with Crippen LogP contribution in [0.3, 0.4) is 0 Å². The minimum atomic E-state index is -0.446. The average Bonchev–Trinajstić information content (AvgIpc) is 3.31. The number of thioether (sulfide) groups is 1. The van der Waals surface area contributed by atoms with Gasteiger partial charge < -0.3 is 0 Å². The number of nitrogens with zero attached hydrogens (tertiary/aromatic N) is 4. The van der Waals surface area contributed by atoms with Crippen LogP contribution in [0.1, 0.15) is 5.56 Å². The molecule has 1 aliphatic rings. The third-order valence-electron chi connectivity index (χ3n) is 4.59. The van der Waals surface area contributed by atoms with Crippen LogP contribution in [0.25, 0.3) is 23.0 Å². The van der Waals surface area contributed by atoms with Gasteiger partial charge in [0.25, 0.3) is 11.6 Å². The van der Waals surface area contributed by atoms with Crippen molar-refractivity contribution in [3.63, 3.8) is 0 Å². The molecule has 0 atom stereocenters. The summed E-state index contributed by atoms with van der Waals surface area (Å²) in [6.07, 6.45) is 5.21. The molecule has 0 saturated carbocycles. The van der Waals surface area contributed by atoms with Crippen molar-refractivity contribution < 1.29 is 9.72 Å². The lowest BCUT2D eigenvalue weighted by Gasteiger charge is -2.10. The van der Waals surface area contributed by atoms with Crippen molar-refractivity contribution in [1.29, 1.82) is 0 Å². The summed E-state index contributed by atoms with van der Waals surface area (Å²) in [7, 11) is 0. The van der Waals surface area contributed by atoms with E-state index in [2.05, 4.69) is 11.7 Å². The fraction of sp³-hybridized carbons (Fsp3) is 0.0455. The molecule has 4 rings (SSSR count). The molecule has 31 heavy (non-hydrogen) atoms. The van der Waals surface area contributed by atoms with E-state index >= 15 is 0 Å². The minimum absolute atomic E-state index is 0.00177. The molecule has 0 bridgehead atoms. The molecule has 1 fully saturated rings. The lowest BCUT2D eigenvalue weighted by Crippen LogP contribution is -2.27. The first-order valence-electron chi connectivity index (χ1n) is 9.24. The minimum Gasteiger partial charge on any atom is -0.289 e. The Balaban J connectivity index is 1.80. The summed E-state index contributed by atoms with van der Waals surface area (Å²) < 4.78 is 2.19. The molecule has 1 aliphatic heterocycles. The molecule has 0 unspecified atom stereocenters. The number of para-hydroxylation sites is 1. The third-order valence-corrected chi connectivity index (χ3v) is 5.96. The van der Waals surface area contributed by atoms with Gasteiger partial charge in [-0.25, -0.2) is 4.68 Å². The number of rotatable bonds is 6. The van der Waals surface area contributed by atoms with Gasteiger partial charge in [-0.2, -0.15) is 5.10 Å². The van der Waals surface area contributed by atoms with Gasteiger partial charge in [0.2, 0.25) is 0 Å². The van der Waals surface area contributed by atoms with E-state index in [0.29, 0.717) is 32.6 Å². The zero-order valence-electron chi connectivity index (χ0n) is 16.2. The summed E-state index contributed by atoms with van der Waals surface area (Å²) in [4.78, 5) is 25.3. The van der Waals surface area contributed by atoms with Gasteiger partial charge in [0.05, 0.1) is 21.2 Å². The fourth-order valence-corrected chi connectivity index (χ4v) is 4.36. The summed E-state index contributed by atoms with van der Waals surface area (Å²) in [5.41, 5.74) is 2.86. The average molecular weight is 449 g/mol. The Kier molecular flexibility index (Phi) is 5.79. The third kappa shape index (κ3) is 4.18.